The van der Waals surface area contributed by atoms with E-state index in [1.54, 1.807) is 0 Å². The molecule has 0 spiro atoms. The Balaban J connectivity index is 1.97. The second kappa shape index (κ2) is 3.45. The lowest BCUT2D eigenvalue weighted by Crippen LogP contribution is -2.19. The number of hydrogen-bond acceptors (Lipinski definition) is 3. The zero-order chi connectivity index (χ0) is 11.9. The molecule has 3 rings (SSSR count). The van der Waals surface area contributed by atoms with Gasteiger partial charge < -0.3 is 9.52 Å². The number of aromatic nitrogens is 1. The van der Waals surface area contributed by atoms with Gasteiger partial charge in [-0.3, -0.25) is 4.79 Å². The van der Waals surface area contributed by atoms with Crippen molar-refractivity contribution in [1.82, 2.24) is 4.98 Å². The van der Waals surface area contributed by atoms with Gasteiger partial charge in [-0.15, -0.1) is 0 Å². The molecule has 1 aromatic carbocycles. The number of carboxylic acid groups (broad SMARTS) is 1. The molecule has 0 amide bonds. The zero-order valence-corrected chi connectivity index (χ0v) is 9.09. The van der Waals surface area contributed by atoms with E-state index in [2.05, 4.69) is 4.98 Å². The quantitative estimate of drug-likeness (QED) is 0.878. The molecule has 1 aliphatic rings. The predicted molar refractivity (Wildman–Crippen MR) is 60.5 cm³/mol. The molecule has 1 aromatic heterocycles. The molecule has 0 unspecified atom stereocenters. The first-order valence-corrected chi connectivity index (χ1v) is 5.47. The Morgan fingerprint density at radius 1 is 1.29 bits per heavy atom. The van der Waals surface area contributed by atoms with E-state index in [0.717, 1.165) is 5.56 Å². The van der Waals surface area contributed by atoms with Crippen LogP contribution in [0.25, 0.3) is 11.5 Å². The summed E-state index contributed by atoms with van der Waals surface area (Å²) in [5.74, 6) is -0.335. The topological polar surface area (TPSA) is 63.3 Å². The van der Waals surface area contributed by atoms with Gasteiger partial charge in [-0.1, -0.05) is 18.2 Å². The molecule has 0 radical (unpaired) electrons. The van der Waals surface area contributed by atoms with Gasteiger partial charge in [0.2, 0.25) is 5.89 Å². The van der Waals surface area contributed by atoms with E-state index in [-0.39, 0.29) is 0 Å². The van der Waals surface area contributed by atoms with Gasteiger partial charge in [-0.25, -0.2) is 4.98 Å². The number of carboxylic acids is 1. The van der Waals surface area contributed by atoms with E-state index >= 15 is 0 Å². The summed E-state index contributed by atoms with van der Waals surface area (Å²) in [5.41, 5.74) is 0.597. The van der Waals surface area contributed by atoms with E-state index in [9.17, 15) is 4.79 Å². The van der Waals surface area contributed by atoms with Gasteiger partial charge >= 0.3 is 5.97 Å². The highest BCUT2D eigenvalue weighted by Gasteiger charge is 2.54. The highest BCUT2D eigenvalue weighted by atomic mass is 16.4. The minimum absolute atomic E-state index is 0.480. The third-order valence-corrected chi connectivity index (χ3v) is 3.17. The third-order valence-electron chi connectivity index (χ3n) is 3.17. The summed E-state index contributed by atoms with van der Waals surface area (Å²) in [4.78, 5) is 15.4. The number of aliphatic carboxylic acids is 1. The van der Waals surface area contributed by atoms with E-state index < -0.39 is 11.4 Å². The fraction of sp³-hybridized carbons (Fsp3) is 0.231. The zero-order valence-electron chi connectivity index (χ0n) is 9.09. The Morgan fingerprint density at radius 3 is 2.59 bits per heavy atom. The third kappa shape index (κ3) is 1.53. The summed E-state index contributed by atoms with van der Waals surface area (Å²) >= 11 is 0. The number of nitrogens with zero attached hydrogens (tertiary/aromatic N) is 1. The molecule has 17 heavy (non-hydrogen) atoms. The van der Waals surface area contributed by atoms with Crippen molar-refractivity contribution in [2.75, 3.05) is 0 Å². The summed E-state index contributed by atoms with van der Waals surface area (Å²) < 4.78 is 5.35. The van der Waals surface area contributed by atoms with Crippen molar-refractivity contribution < 1.29 is 14.3 Å². The molecule has 1 saturated carbocycles. The van der Waals surface area contributed by atoms with Crippen LogP contribution >= 0.6 is 0 Å². The van der Waals surface area contributed by atoms with Crippen molar-refractivity contribution >= 4 is 5.97 Å². The highest BCUT2D eigenvalue weighted by Crippen LogP contribution is 2.48. The molecule has 0 aliphatic heterocycles. The normalized spacial score (nSPS) is 16.7. The molecular formula is C13H11NO3. The number of oxazole rings is 1. The lowest BCUT2D eigenvalue weighted by molar-refractivity contribution is -0.140. The van der Waals surface area contributed by atoms with Gasteiger partial charge in [0, 0.05) is 5.56 Å². The van der Waals surface area contributed by atoms with Gasteiger partial charge in [0.1, 0.15) is 11.7 Å². The Bertz CT molecular complexity index is 555. The van der Waals surface area contributed by atoms with E-state index in [4.69, 9.17) is 9.52 Å². The second-order valence-electron chi connectivity index (χ2n) is 4.29. The molecular weight excluding hydrogens is 218 g/mol. The molecule has 1 aliphatic carbocycles. The van der Waals surface area contributed by atoms with Crippen molar-refractivity contribution in [3.8, 4) is 11.5 Å². The Kier molecular flexibility index (Phi) is 2.04. The van der Waals surface area contributed by atoms with Gasteiger partial charge in [0.25, 0.3) is 0 Å². The van der Waals surface area contributed by atoms with Crippen LogP contribution in [0.5, 0.6) is 0 Å². The monoisotopic (exact) mass is 229 g/mol. The van der Waals surface area contributed by atoms with Gasteiger partial charge in [-0.2, -0.15) is 0 Å². The smallest absolute Gasteiger partial charge is 0.315 e. The largest absolute Gasteiger partial charge is 0.481 e. The van der Waals surface area contributed by atoms with Gasteiger partial charge in [0.05, 0.1) is 5.69 Å². The number of hydrogen-bond donors (Lipinski definition) is 1. The lowest BCUT2D eigenvalue weighted by atomic mass is 10.0. The molecule has 86 valence electrons. The first kappa shape index (κ1) is 10.1. The average molecular weight is 229 g/mol. The summed E-state index contributed by atoms with van der Waals surface area (Å²) in [6, 6.07) is 9.46. The first-order chi connectivity index (χ1) is 8.22. The molecule has 0 bridgehead atoms. The van der Waals surface area contributed by atoms with Crippen molar-refractivity contribution in [3.05, 3.63) is 42.3 Å². The molecule has 4 heteroatoms. The van der Waals surface area contributed by atoms with Gasteiger partial charge in [0.15, 0.2) is 0 Å². The molecule has 1 heterocycles. The molecule has 0 saturated heterocycles. The minimum atomic E-state index is -0.814. The van der Waals surface area contributed by atoms with Crippen LogP contribution in [0.3, 0.4) is 0 Å². The fourth-order valence-electron chi connectivity index (χ4n) is 1.91. The van der Waals surface area contributed by atoms with Crippen molar-refractivity contribution in [2.45, 2.75) is 18.3 Å². The number of benzene rings is 1. The lowest BCUT2D eigenvalue weighted by Gasteiger charge is -2.02. The maximum atomic E-state index is 11.1. The Morgan fingerprint density at radius 2 is 2.00 bits per heavy atom. The van der Waals surface area contributed by atoms with Crippen LogP contribution < -0.4 is 0 Å². The van der Waals surface area contributed by atoms with E-state index in [1.165, 1.54) is 6.26 Å². The molecule has 2 aromatic rings. The van der Waals surface area contributed by atoms with Crippen LogP contribution in [-0.2, 0) is 10.2 Å². The van der Waals surface area contributed by atoms with Crippen LogP contribution in [0.2, 0.25) is 0 Å². The van der Waals surface area contributed by atoms with Crippen molar-refractivity contribution in [3.63, 3.8) is 0 Å². The van der Waals surface area contributed by atoms with E-state index in [1.807, 2.05) is 30.3 Å². The van der Waals surface area contributed by atoms with Crippen LogP contribution in [0.1, 0.15) is 18.5 Å². The number of carbonyl (C=O) groups is 1. The fourth-order valence-corrected chi connectivity index (χ4v) is 1.91. The standard InChI is InChI=1S/C13H11NO3/c15-12(16)13(6-7-13)10-8-17-11(14-10)9-4-2-1-3-5-9/h1-5,8H,6-7H2,(H,15,16). The second-order valence-corrected chi connectivity index (χ2v) is 4.29. The number of rotatable bonds is 3. The first-order valence-electron chi connectivity index (χ1n) is 5.47. The Hall–Kier alpha value is -2.10. The molecule has 0 atom stereocenters. The van der Waals surface area contributed by atoms with Crippen LogP contribution in [0.4, 0.5) is 0 Å². The summed E-state index contributed by atoms with van der Waals surface area (Å²) in [5, 5.41) is 9.16. The maximum absolute atomic E-state index is 11.1. The van der Waals surface area contributed by atoms with Gasteiger partial charge in [-0.05, 0) is 25.0 Å². The molecule has 1 N–H and O–H groups in total. The van der Waals surface area contributed by atoms with Crippen molar-refractivity contribution in [1.29, 1.82) is 0 Å². The molecule has 1 fully saturated rings. The summed E-state index contributed by atoms with van der Waals surface area (Å²) in [6.07, 6.45) is 2.75. The van der Waals surface area contributed by atoms with E-state index in [0.29, 0.717) is 24.4 Å². The van der Waals surface area contributed by atoms with Crippen LogP contribution in [0, 0.1) is 0 Å². The predicted octanol–water partition coefficient (Wildman–Crippen LogP) is 2.46. The van der Waals surface area contributed by atoms with Crippen LogP contribution in [-0.4, -0.2) is 16.1 Å². The van der Waals surface area contributed by atoms with Crippen molar-refractivity contribution in [2.24, 2.45) is 0 Å². The molecule has 4 nitrogen and oxygen atoms in total. The van der Waals surface area contributed by atoms with Crippen LogP contribution in [0.15, 0.2) is 41.0 Å². The maximum Gasteiger partial charge on any atom is 0.315 e. The average Bonchev–Trinajstić information content (AvgIpc) is 3.02. The highest BCUT2D eigenvalue weighted by molar-refractivity contribution is 5.84. The minimum Gasteiger partial charge on any atom is -0.481 e. The SMILES string of the molecule is O=C(O)C1(c2coc(-c3ccccc3)n2)CC1. The summed E-state index contributed by atoms with van der Waals surface area (Å²) in [6.45, 7) is 0. The Labute approximate surface area is 97.9 Å². The summed E-state index contributed by atoms with van der Waals surface area (Å²) in [7, 11) is 0.